The van der Waals surface area contributed by atoms with E-state index in [4.69, 9.17) is 13.9 Å². The second-order valence-electron chi connectivity index (χ2n) is 7.03. The monoisotopic (exact) mass is 350 g/mol. The number of likely N-dealkylation sites (N-methyl/N-ethyl adjacent to an activating group) is 2. The van der Waals surface area contributed by atoms with Gasteiger partial charge < -0.3 is 23.7 Å². The Morgan fingerprint density at radius 1 is 0.920 bits per heavy atom. The lowest BCUT2D eigenvalue weighted by Gasteiger charge is -2.29. The molecule has 138 valence electrons. The summed E-state index contributed by atoms with van der Waals surface area (Å²) in [6.07, 6.45) is 3.43. The van der Waals surface area contributed by atoms with Gasteiger partial charge in [-0.25, -0.2) is 9.59 Å². The van der Waals surface area contributed by atoms with Crippen LogP contribution in [0.4, 0.5) is 0 Å². The smallest absolute Gasteiger partial charge is 0.374 e. The van der Waals surface area contributed by atoms with Gasteiger partial charge in [0.25, 0.3) is 0 Å². The minimum Gasteiger partial charge on any atom is -0.455 e. The number of rotatable bonds is 4. The lowest BCUT2D eigenvalue weighted by molar-refractivity contribution is 0.00486. The Morgan fingerprint density at radius 3 is 1.76 bits per heavy atom. The first-order valence-corrected chi connectivity index (χ1v) is 8.90. The first-order valence-electron chi connectivity index (χ1n) is 8.90. The Morgan fingerprint density at radius 2 is 1.36 bits per heavy atom. The van der Waals surface area contributed by atoms with E-state index in [1.165, 1.54) is 12.1 Å². The number of likely N-dealkylation sites (tertiary alicyclic amines) is 2. The molecule has 7 nitrogen and oxygen atoms in total. The van der Waals surface area contributed by atoms with Crippen LogP contribution in [0.25, 0.3) is 0 Å². The van der Waals surface area contributed by atoms with Gasteiger partial charge in [-0.15, -0.1) is 0 Å². The quantitative estimate of drug-likeness (QED) is 0.767. The van der Waals surface area contributed by atoms with Gasteiger partial charge in [0, 0.05) is 13.1 Å². The second-order valence-corrected chi connectivity index (χ2v) is 7.03. The fourth-order valence-electron chi connectivity index (χ4n) is 3.41. The normalized spacial score (nSPS) is 25.5. The Bertz CT molecular complexity index is 564. The number of carbonyl (C=O) groups is 2. The van der Waals surface area contributed by atoms with Crippen LogP contribution in [-0.4, -0.2) is 74.2 Å². The van der Waals surface area contributed by atoms with Gasteiger partial charge in [0.1, 0.15) is 12.2 Å². The molecule has 0 spiro atoms. The van der Waals surface area contributed by atoms with E-state index < -0.39 is 11.9 Å². The highest BCUT2D eigenvalue weighted by molar-refractivity contribution is 5.91. The predicted molar refractivity (Wildman–Crippen MR) is 90.6 cm³/mol. The van der Waals surface area contributed by atoms with Crippen LogP contribution in [-0.2, 0) is 9.47 Å². The minimum absolute atomic E-state index is 0.0425. The van der Waals surface area contributed by atoms with E-state index in [9.17, 15) is 9.59 Å². The molecule has 1 aromatic heterocycles. The molecule has 0 amide bonds. The third-order valence-electron chi connectivity index (χ3n) is 4.72. The molecule has 0 aromatic carbocycles. The number of ether oxygens (including phenoxy) is 2. The van der Waals surface area contributed by atoms with Crippen LogP contribution in [0.15, 0.2) is 16.5 Å². The van der Waals surface area contributed by atoms with Crippen molar-refractivity contribution in [3.63, 3.8) is 0 Å². The summed E-state index contributed by atoms with van der Waals surface area (Å²) in [6, 6.07) is 2.94. The third-order valence-corrected chi connectivity index (χ3v) is 4.72. The molecule has 2 unspecified atom stereocenters. The Labute approximate surface area is 147 Å². The average Bonchev–Trinajstić information content (AvgIpc) is 3.05. The number of piperidine rings is 2. The molecule has 2 aliphatic rings. The zero-order valence-electron chi connectivity index (χ0n) is 14.9. The highest BCUT2D eigenvalue weighted by Crippen LogP contribution is 2.18. The molecule has 25 heavy (non-hydrogen) atoms. The molecule has 0 radical (unpaired) electrons. The summed E-state index contributed by atoms with van der Waals surface area (Å²) in [4.78, 5) is 28.7. The van der Waals surface area contributed by atoms with Crippen LogP contribution < -0.4 is 0 Å². The van der Waals surface area contributed by atoms with Gasteiger partial charge in [-0.05, 0) is 65.0 Å². The fraction of sp³-hybridized carbons (Fsp3) is 0.667. The molecule has 0 bridgehead atoms. The van der Waals surface area contributed by atoms with E-state index in [1.807, 2.05) is 14.1 Å². The summed E-state index contributed by atoms with van der Waals surface area (Å²) in [6.45, 7) is 3.47. The van der Waals surface area contributed by atoms with Crippen LogP contribution in [0.1, 0.15) is 46.8 Å². The summed E-state index contributed by atoms with van der Waals surface area (Å²) in [5.74, 6) is -0.977. The topological polar surface area (TPSA) is 72.2 Å². The summed E-state index contributed by atoms with van der Waals surface area (Å²) in [5.41, 5.74) is 0. The Kier molecular flexibility index (Phi) is 5.75. The molecule has 2 saturated heterocycles. The van der Waals surface area contributed by atoms with Crippen LogP contribution in [0.2, 0.25) is 0 Å². The molecule has 2 atom stereocenters. The highest BCUT2D eigenvalue weighted by Gasteiger charge is 2.26. The van der Waals surface area contributed by atoms with Crippen molar-refractivity contribution in [2.45, 2.75) is 37.9 Å². The van der Waals surface area contributed by atoms with Gasteiger partial charge in [-0.2, -0.15) is 0 Å². The number of hydrogen-bond donors (Lipinski definition) is 0. The maximum Gasteiger partial charge on any atom is 0.374 e. The first kappa shape index (κ1) is 17.9. The Hall–Kier alpha value is -1.86. The van der Waals surface area contributed by atoms with Crippen LogP contribution in [0.5, 0.6) is 0 Å². The molecule has 1 aromatic rings. The standard InChI is InChI=1S/C18H26N2O5/c1-19-9-3-5-13(11-19)23-17(21)15-7-8-16(25-15)18(22)24-14-6-4-10-20(2)12-14/h7-8,13-14H,3-6,9-12H2,1-2H3. The number of esters is 2. The lowest BCUT2D eigenvalue weighted by Crippen LogP contribution is -2.38. The van der Waals surface area contributed by atoms with Crippen LogP contribution >= 0.6 is 0 Å². The van der Waals surface area contributed by atoms with Crippen molar-refractivity contribution >= 4 is 11.9 Å². The highest BCUT2D eigenvalue weighted by atomic mass is 16.6. The van der Waals surface area contributed by atoms with Crippen LogP contribution in [0, 0.1) is 0 Å². The molecule has 0 N–H and O–H groups in total. The predicted octanol–water partition coefficient (Wildman–Crippen LogP) is 1.78. The van der Waals surface area contributed by atoms with E-state index in [1.54, 1.807) is 0 Å². The second kappa shape index (κ2) is 8.01. The molecule has 2 fully saturated rings. The number of furan rings is 1. The van der Waals surface area contributed by atoms with E-state index in [0.29, 0.717) is 0 Å². The third kappa shape index (κ3) is 4.83. The van der Waals surface area contributed by atoms with Crippen molar-refractivity contribution in [2.24, 2.45) is 0 Å². The van der Waals surface area contributed by atoms with Gasteiger partial charge in [-0.1, -0.05) is 0 Å². The molecular weight excluding hydrogens is 324 g/mol. The zero-order valence-corrected chi connectivity index (χ0v) is 14.9. The molecule has 2 aliphatic heterocycles. The van der Waals surface area contributed by atoms with Crippen molar-refractivity contribution in [2.75, 3.05) is 40.3 Å². The van der Waals surface area contributed by atoms with Gasteiger partial charge in [-0.3, -0.25) is 0 Å². The van der Waals surface area contributed by atoms with Crippen molar-refractivity contribution in [1.82, 2.24) is 9.80 Å². The molecule has 3 heterocycles. The van der Waals surface area contributed by atoms with Crippen molar-refractivity contribution in [1.29, 1.82) is 0 Å². The van der Waals surface area contributed by atoms with Crippen molar-refractivity contribution < 1.29 is 23.5 Å². The molecule has 0 aliphatic carbocycles. The fourth-order valence-corrected chi connectivity index (χ4v) is 3.41. The molecule has 0 saturated carbocycles. The minimum atomic E-state index is -0.531. The zero-order chi connectivity index (χ0) is 17.8. The lowest BCUT2D eigenvalue weighted by atomic mass is 10.1. The SMILES string of the molecule is CN1CCCC(OC(=O)c2ccc(C(=O)OC3CCCN(C)C3)o2)C1. The molecule has 3 rings (SSSR count). The van der Waals surface area contributed by atoms with Crippen molar-refractivity contribution in [3.05, 3.63) is 23.7 Å². The van der Waals surface area contributed by atoms with Gasteiger partial charge in [0.2, 0.25) is 11.5 Å². The van der Waals surface area contributed by atoms with Gasteiger partial charge in [0.05, 0.1) is 0 Å². The molecular formula is C18H26N2O5. The molecule has 7 heteroatoms. The van der Waals surface area contributed by atoms with E-state index in [2.05, 4.69) is 9.80 Å². The van der Waals surface area contributed by atoms with Gasteiger partial charge >= 0.3 is 11.9 Å². The number of carbonyl (C=O) groups excluding carboxylic acids is 2. The van der Waals surface area contributed by atoms with Crippen molar-refractivity contribution in [3.8, 4) is 0 Å². The van der Waals surface area contributed by atoms with Gasteiger partial charge in [0.15, 0.2) is 0 Å². The number of nitrogens with zero attached hydrogens (tertiary/aromatic N) is 2. The number of hydrogen-bond acceptors (Lipinski definition) is 7. The summed E-state index contributed by atoms with van der Waals surface area (Å²) in [7, 11) is 4.01. The van der Waals surface area contributed by atoms with E-state index in [0.717, 1.165) is 51.9 Å². The first-order chi connectivity index (χ1) is 12.0. The average molecular weight is 350 g/mol. The largest absolute Gasteiger partial charge is 0.455 e. The van der Waals surface area contributed by atoms with E-state index >= 15 is 0 Å². The Balaban J connectivity index is 1.54. The summed E-state index contributed by atoms with van der Waals surface area (Å²) in [5, 5.41) is 0. The van der Waals surface area contributed by atoms with E-state index in [-0.39, 0.29) is 23.7 Å². The van der Waals surface area contributed by atoms with Crippen LogP contribution in [0.3, 0.4) is 0 Å². The maximum atomic E-state index is 12.2. The maximum absolute atomic E-state index is 12.2. The summed E-state index contributed by atoms with van der Waals surface area (Å²) >= 11 is 0. The summed E-state index contributed by atoms with van der Waals surface area (Å²) < 4.78 is 16.3.